The first-order valence-corrected chi connectivity index (χ1v) is 23.2. The van der Waals surface area contributed by atoms with Crippen LogP contribution in [0.5, 0.6) is 0 Å². The molecule has 0 fully saturated rings. The Labute approximate surface area is 352 Å². The van der Waals surface area contributed by atoms with Crippen molar-refractivity contribution in [3.8, 4) is 0 Å². The maximum Gasteiger partial charge on any atom is 0.245 e. The van der Waals surface area contributed by atoms with Crippen LogP contribution in [0.3, 0.4) is 0 Å². The van der Waals surface area contributed by atoms with E-state index in [0.717, 1.165) is 0 Å². The molecule has 0 saturated carbocycles. The first-order valence-electron chi connectivity index (χ1n) is 21.2. The molecule has 2 aliphatic heterocycles. The number of hydrogen-bond acceptors (Lipinski definition) is 1. The molecule has 0 radical (unpaired) electrons. The Balaban J connectivity index is 1.34. The van der Waals surface area contributed by atoms with Gasteiger partial charge < -0.3 is 4.90 Å². The molecule has 2 heterocycles. The van der Waals surface area contributed by atoms with Crippen molar-refractivity contribution in [2.45, 2.75) is 48.5 Å². The number of aryl methyl sites for hydroxylation is 7. The van der Waals surface area contributed by atoms with E-state index < -0.39 is 8.07 Å². The van der Waals surface area contributed by atoms with Crippen molar-refractivity contribution in [2.75, 3.05) is 4.90 Å². The molecule has 0 aliphatic carbocycles. The number of fused-ring (bicyclic) bond motifs is 4. The van der Waals surface area contributed by atoms with Gasteiger partial charge in [-0.2, -0.15) is 0 Å². The summed E-state index contributed by atoms with van der Waals surface area (Å²) in [5.74, 6) is 0. The van der Waals surface area contributed by atoms with Crippen LogP contribution >= 0.6 is 0 Å². The average Bonchev–Trinajstić information content (AvgIpc) is 3.23. The molecule has 8 aromatic carbocycles. The van der Waals surface area contributed by atoms with Crippen molar-refractivity contribution < 1.29 is 0 Å². The monoisotopic (exact) mass is 773 g/mol. The largest absolute Gasteiger partial charge is 0.311 e. The third kappa shape index (κ3) is 5.75. The Morgan fingerprint density at radius 3 is 1.37 bits per heavy atom. The van der Waals surface area contributed by atoms with Crippen LogP contribution in [0.25, 0.3) is 0 Å². The van der Waals surface area contributed by atoms with Gasteiger partial charge in [-0.3, -0.25) is 0 Å². The summed E-state index contributed by atoms with van der Waals surface area (Å²) in [6.07, 6.45) is 0. The summed E-state index contributed by atoms with van der Waals surface area (Å²) in [5, 5.41) is 5.61. The van der Waals surface area contributed by atoms with E-state index in [0.29, 0.717) is 0 Å². The molecule has 0 N–H and O–H groups in total. The molecule has 0 bridgehead atoms. The predicted octanol–water partition coefficient (Wildman–Crippen LogP) is 6.35. The topological polar surface area (TPSA) is 3.24 Å². The summed E-state index contributed by atoms with van der Waals surface area (Å²) in [5.41, 5.74) is 21.6. The average molecular weight is 774 g/mol. The van der Waals surface area contributed by atoms with Gasteiger partial charge >= 0.3 is 0 Å². The molecule has 0 spiro atoms. The third-order valence-corrected chi connectivity index (χ3v) is 18.1. The van der Waals surface area contributed by atoms with E-state index in [1.165, 1.54) is 110 Å². The highest BCUT2D eigenvalue weighted by atomic mass is 28.3. The number of hydrogen-bond donors (Lipinski definition) is 0. The first-order chi connectivity index (χ1) is 28.7. The van der Waals surface area contributed by atoms with Gasteiger partial charge in [-0.05, 0) is 109 Å². The SMILES string of the molecule is Cc1cc(C)c(B2c3cc([Si](c4ccccc4)(c4ccccc4)c4ccccc4)ccc3B3c4ccccc4N(c4c(C)cc(C)cc4C)c4cc(C)cc2c43)c(C)c1. The van der Waals surface area contributed by atoms with Crippen molar-refractivity contribution in [3.63, 3.8) is 0 Å². The molecular weight excluding hydrogens is 724 g/mol. The Kier molecular flexibility index (Phi) is 9.03. The second-order valence-corrected chi connectivity index (χ2v) is 21.1. The van der Waals surface area contributed by atoms with Crippen molar-refractivity contribution >= 4 is 92.1 Å². The Morgan fingerprint density at radius 1 is 0.339 bits per heavy atom. The van der Waals surface area contributed by atoms with E-state index >= 15 is 0 Å². The van der Waals surface area contributed by atoms with Gasteiger partial charge in [-0.25, -0.2) is 0 Å². The minimum absolute atomic E-state index is 0.0526. The van der Waals surface area contributed by atoms with Crippen LogP contribution < -0.4 is 58.4 Å². The summed E-state index contributed by atoms with van der Waals surface area (Å²) >= 11 is 0. The van der Waals surface area contributed by atoms with Gasteiger partial charge in [0.25, 0.3) is 0 Å². The van der Waals surface area contributed by atoms with Crippen LogP contribution in [-0.4, -0.2) is 21.5 Å². The molecule has 10 rings (SSSR count). The fraction of sp³-hybridized carbons (Fsp3) is 0.127. The summed E-state index contributed by atoms with van der Waals surface area (Å²) in [4.78, 5) is 2.60. The van der Waals surface area contributed by atoms with Crippen LogP contribution in [0.2, 0.25) is 0 Å². The Hall–Kier alpha value is -6.09. The second-order valence-electron chi connectivity index (χ2n) is 17.3. The van der Waals surface area contributed by atoms with Crippen molar-refractivity contribution in [1.29, 1.82) is 0 Å². The molecule has 8 aromatic rings. The highest BCUT2D eigenvalue weighted by molar-refractivity contribution is 7.20. The lowest BCUT2D eigenvalue weighted by atomic mass is 9.20. The van der Waals surface area contributed by atoms with Gasteiger partial charge in [0, 0.05) is 11.4 Å². The zero-order chi connectivity index (χ0) is 40.6. The molecule has 0 atom stereocenters. The second kappa shape index (κ2) is 14.3. The van der Waals surface area contributed by atoms with Crippen molar-refractivity contribution in [3.05, 3.63) is 209 Å². The van der Waals surface area contributed by atoms with Gasteiger partial charge in [0.15, 0.2) is 8.07 Å². The number of nitrogens with zero attached hydrogens (tertiary/aromatic N) is 1. The van der Waals surface area contributed by atoms with E-state index in [1.54, 1.807) is 0 Å². The minimum atomic E-state index is -2.81. The Morgan fingerprint density at radius 2 is 0.814 bits per heavy atom. The summed E-state index contributed by atoms with van der Waals surface area (Å²) in [6.45, 7) is 16.1. The smallest absolute Gasteiger partial charge is 0.245 e. The van der Waals surface area contributed by atoms with Gasteiger partial charge in [0.2, 0.25) is 13.4 Å². The van der Waals surface area contributed by atoms with E-state index in [1.807, 2.05) is 0 Å². The molecular formula is C55H49B2NSi. The minimum Gasteiger partial charge on any atom is -0.311 e. The molecule has 2 aliphatic rings. The molecule has 1 nitrogen and oxygen atoms in total. The van der Waals surface area contributed by atoms with Crippen molar-refractivity contribution in [1.82, 2.24) is 0 Å². The molecule has 0 unspecified atom stereocenters. The summed E-state index contributed by atoms with van der Waals surface area (Å²) in [7, 11) is -2.81. The van der Waals surface area contributed by atoms with Crippen LogP contribution in [0.4, 0.5) is 17.1 Å². The third-order valence-electron chi connectivity index (χ3n) is 13.3. The normalized spacial score (nSPS) is 12.9. The first kappa shape index (κ1) is 37.2. The number of para-hydroxylation sites is 1. The number of anilines is 3. The summed E-state index contributed by atoms with van der Waals surface area (Å²) in [6, 6.07) is 65.6. The quantitative estimate of drug-likeness (QED) is 0.141. The van der Waals surface area contributed by atoms with E-state index in [-0.39, 0.29) is 13.4 Å². The van der Waals surface area contributed by atoms with E-state index in [9.17, 15) is 0 Å². The molecule has 0 amide bonds. The van der Waals surface area contributed by atoms with Gasteiger partial charge in [-0.1, -0.05) is 202 Å². The molecule has 59 heavy (non-hydrogen) atoms. The van der Waals surface area contributed by atoms with Crippen LogP contribution in [0.1, 0.15) is 38.9 Å². The molecule has 0 aromatic heterocycles. The Bertz CT molecular complexity index is 2780. The molecule has 0 saturated heterocycles. The van der Waals surface area contributed by atoms with Crippen LogP contribution in [-0.2, 0) is 0 Å². The maximum atomic E-state index is 2.67. The lowest BCUT2D eigenvalue weighted by molar-refractivity contribution is 1.20. The number of benzene rings is 8. The lowest BCUT2D eigenvalue weighted by Gasteiger charge is -2.44. The van der Waals surface area contributed by atoms with Crippen LogP contribution in [0, 0.1) is 48.5 Å². The van der Waals surface area contributed by atoms with Gasteiger partial charge in [-0.15, -0.1) is 0 Å². The van der Waals surface area contributed by atoms with Gasteiger partial charge in [0.05, 0.1) is 5.69 Å². The standard InChI is InChI=1S/C55H49B2NSi/c1-36-29-39(4)53(40(5)30-36)57-49-35-46(59(43-19-11-8-12-20-43,44-21-13-9-14-22-44)45-23-15-10-16-24-45)27-28-47(49)56-48-25-17-18-26-51(48)58(52-34-38(3)33-50(57)54(52)56)55-41(6)31-37(2)32-42(55)7/h8-35H,1-7H3. The van der Waals surface area contributed by atoms with Crippen molar-refractivity contribution in [2.24, 2.45) is 0 Å². The fourth-order valence-corrected chi connectivity index (χ4v) is 16.1. The fourth-order valence-electron chi connectivity index (χ4n) is 11.4. The molecule has 4 heteroatoms. The zero-order valence-corrected chi connectivity index (χ0v) is 36.3. The van der Waals surface area contributed by atoms with Gasteiger partial charge in [0.1, 0.15) is 0 Å². The van der Waals surface area contributed by atoms with E-state index in [2.05, 4.69) is 223 Å². The van der Waals surface area contributed by atoms with Crippen LogP contribution in [0.15, 0.2) is 170 Å². The number of rotatable bonds is 6. The molecule has 284 valence electrons. The highest BCUT2D eigenvalue weighted by Gasteiger charge is 2.48. The predicted molar refractivity (Wildman–Crippen MR) is 260 cm³/mol. The summed E-state index contributed by atoms with van der Waals surface area (Å²) < 4.78 is 0. The lowest BCUT2D eigenvalue weighted by Crippen LogP contribution is -2.79. The maximum absolute atomic E-state index is 2.81. The highest BCUT2D eigenvalue weighted by Crippen LogP contribution is 2.40. The zero-order valence-electron chi connectivity index (χ0n) is 35.3. The van der Waals surface area contributed by atoms with E-state index in [4.69, 9.17) is 0 Å².